The summed E-state index contributed by atoms with van der Waals surface area (Å²) in [5.74, 6) is -1.71. The Kier molecular flexibility index (Phi) is 5.67. The molecule has 6 nitrogen and oxygen atoms in total. The number of nitrogens with one attached hydrogen (secondary N) is 1. The van der Waals surface area contributed by atoms with Crippen LogP contribution in [0, 0.1) is 11.6 Å². The summed E-state index contributed by atoms with van der Waals surface area (Å²) in [6.07, 6.45) is -0.0731. The Labute approximate surface area is 159 Å². The predicted octanol–water partition coefficient (Wildman–Crippen LogP) is 2.63. The van der Waals surface area contributed by atoms with Gasteiger partial charge in [0.2, 0.25) is 11.3 Å². The first-order chi connectivity index (χ1) is 13.4. The van der Waals surface area contributed by atoms with Gasteiger partial charge in [-0.2, -0.15) is 0 Å². The third-order valence-electron chi connectivity index (χ3n) is 4.27. The van der Waals surface area contributed by atoms with E-state index in [4.69, 9.17) is 9.57 Å². The number of rotatable bonds is 5. The number of hydrogen-bond acceptors (Lipinski definition) is 5. The van der Waals surface area contributed by atoms with Crippen molar-refractivity contribution in [1.82, 2.24) is 5.32 Å². The average molecular weight is 388 g/mol. The fraction of sp³-hybridized carbons (Fsp3) is 0.250. The van der Waals surface area contributed by atoms with E-state index < -0.39 is 17.1 Å². The van der Waals surface area contributed by atoms with E-state index in [1.807, 2.05) is 0 Å². The number of halogens is 2. The Morgan fingerprint density at radius 2 is 1.89 bits per heavy atom. The lowest BCUT2D eigenvalue weighted by atomic mass is 9.99. The van der Waals surface area contributed by atoms with Gasteiger partial charge < -0.3 is 14.9 Å². The molecular weight excluding hydrogens is 370 g/mol. The molecule has 1 heterocycles. The first kappa shape index (κ1) is 19.5. The summed E-state index contributed by atoms with van der Waals surface area (Å²) in [6, 6.07) is 7.66. The van der Waals surface area contributed by atoms with Gasteiger partial charge in [0.25, 0.3) is 0 Å². The molecule has 0 saturated carbocycles. The molecule has 8 heteroatoms. The highest BCUT2D eigenvalue weighted by atomic mass is 19.1. The van der Waals surface area contributed by atoms with Gasteiger partial charge in [0, 0.05) is 18.9 Å². The fourth-order valence-corrected chi connectivity index (χ4v) is 2.87. The molecule has 2 aromatic carbocycles. The highest BCUT2D eigenvalue weighted by molar-refractivity contribution is 6.01. The highest BCUT2D eigenvalue weighted by Crippen LogP contribution is 2.28. The van der Waals surface area contributed by atoms with Gasteiger partial charge in [-0.05, 0) is 29.8 Å². The molecule has 0 spiro atoms. The minimum atomic E-state index is -0.791. The first-order valence-electron chi connectivity index (χ1n) is 8.54. The van der Waals surface area contributed by atoms with E-state index in [1.54, 1.807) is 0 Å². The number of benzene rings is 1. The molecular formula is C20H18F2N2O4. The number of methoxy groups -OCH3 is 1. The predicted molar refractivity (Wildman–Crippen MR) is 99.3 cm³/mol. The van der Waals surface area contributed by atoms with E-state index in [0.29, 0.717) is 12.1 Å². The van der Waals surface area contributed by atoms with Crippen LogP contribution in [-0.2, 0) is 9.63 Å². The molecule has 3 rings (SSSR count). The molecule has 0 saturated heterocycles. The fourth-order valence-electron chi connectivity index (χ4n) is 2.87. The number of carbonyl (C=O) groups excluding carboxylic acids is 1. The van der Waals surface area contributed by atoms with Gasteiger partial charge in [-0.15, -0.1) is 0 Å². The van der Waals surface area contributed by atoms with E-state index >= 15 is 0 Å². The van der Waals surface area contributed by atoms with Crippen LogP contribution < -0.4 is 15.5 Å². The maximum Gasteiger partial charge on any atom is 0.220 e. The van der Waals surface area contributed by atoms with Crippen molar-refractivity contribution >= 4 is 11.6 Å². The topological polar surface area (TPSA) is 77.0 Å². The van der Waals surface area contributed by atoms with Crippen molar-refractivity contribution in [1.29, 1.82) is 0 Å². The Balaban J connectivity index is 1.88. The van der Waals surface area contributed by atoms with Crippen molar-refractivity contribution in [2.24, 2.45) is 5.16 Å². The van der Waals surface area contributed by atoms with Crippen molar-refractivity contribution in [3.8, 4) is 16.9 Å². The van der Waals surface area contributed by atoms with Gasteiger partial charge in [0.05, 0.1) is 24.9 Å². The quantitative estimate of drug-likeness (QED) is 0.854. The van der Waals surface area contributed by atoms with Crippen LogP contribution >= 0.6 is 0 Å². The summed E-state index contributed by atoms with van der Waals surface area (Å²) in [7, 11) is 1.34. The van der Waals surface area contributed by atoms with Gasteiger partial charge in [0.15, 0.2) is 5.75 Å². The van der Waals surface area contributed by atoms with Crippen LogP contribution in [0.3, 0.4) is 0 Å². The molecule has 1 atom stereocenters. The van der Waals surface area contributed by atoms with Crippen LogP contribution in [0.5, 0.6) is 5.75 Å². The van der Waals surface area contributed by atoms with Gasteiger partial charge >= 0.3 is 0 Å². The minimum Gasteiger partial charge on any atom is -0.493 e. The molecule has 28 heavy (non-hydrogen) atoms. The van der Waals surface area contributed by atoms with Crippen molar-refractivity contribution < 1.29 is 23.1 Å². The molecule has 0 aliphatic carbocycles. The second-order valence-corrected chi connectivity index (χ2v) is 6.28. The lowest BCUT2D eigenvalue weighted by Crippen LogP contribution is -2.30. The molecule has 0 radical (unpaired) electrons. The minimum absolute atomic E-state index is 0.0753. The molecule has 2 aromatic rings. The molecule has 1 aliphatic rings. The molecule has 0 fully saturated rings. The summed E-state index contributed by atoms with van der Waals surface area (Å²) in [5.41, 5.74) is 0.202. The first-order valence-corrected chi connectivity index (χ1v) is 8.54. The third kappa shape index (κ3) is 4.16. The molecule has 1 amide bonds. The lowest BCUT2D eigenvalue weighted by Gasteiger charge is -2.09. The SMILES string of the molecule is COc1ccc(-c2c(F)cc(C3=NOC(CNC(C)=O)C3)cc2F)ccc1=O. The zero-order valence-corrected chi connectivity index (χ0v) is 15.3. The zero-order valence-electron chi connectivity index (χ0n) is 15.3. The highest BCUT2D eigenvalue weighted by Gasteiger charge is 2.24. The number of amides is 1. The Bertz CT molecular complexity index is 985. The van der Waals surface area contributed by atoms with Crippen molar-refractivity contribution in [2.45, 2.75) is 19.4 Å². The van der Waals surface area contributed by atoms with Gasteiger partial charge in [-0.1, -0.05) is 17.3 Å². The number of carbonyl (C=O) groups is 1. The number of nitrogens with zero attached hydrogens (tertiary/aromatic N) is 1. The second kappa shape index (κ2) is 8.16. The normalized spacial score (nSPS) is 15.6. The Morgan fingerprint density at radius 1 is 1.21 bits per heavy atom. The second-order valence-electron chi connectivity index (χ2n) is 6.28. The van der Waals surface area contributed by atoms with Crippen molar-refractivity contribution in [3.63, 3.8) is 0 Å². The van der Waals surface area contributed by atoms with Crippen LogP contribution in [0.2, 0.25) is 0 Å². The summed E-state index contributed by atoms with van der Waals surface area (Å²) >= 11 is 0. The molecule has 0 bridgehead atoms. The van der Waals surface area contributed by atoms with E-state index in [2.05, 4.69) is 10.5 Å². The summed E-state index contributed by atoms with van der Waals surface area (Å²) in [6.45, 7) is 1.64. The van der Waals surface area contributed by atoms with Crippen molar-refractivity contribution in [2.75, 3.05) is 13.7 Å². The van der Waals surface area contributed by atoms with Crippen molar-refractivity contribution in [3.05, 3.63) is 63.8 Å². The summed E-state index contributed by atoms with van der Waals surface area (Å²) < 4.78 is 34.3. The van der Waals surface area contributed by atoms with Crippen LogP contribution in [0.4, 0.5) is 8.78 Å². The maximum absolute atomic E-state index is 14.7. The number of hydrogen-bond donors (Lipinski definition) is 1. The summed E-state index contributed by atoms with van der Waals surface area (Å²) in [4.78, 5) is 28.0. The number of oxime groups is 1. The van der Waals surface area contributed by atoms with E-state index in [9.17, 15) is 18.4 Å². The molecule has 1 aliphatic heterocycles. The summed E-state index contributed by atoms with van der Waals surface area (Å²) in [5, 5.41) is 6.48. The zero-order chi connectivity index (χ0) is 20.3. The molecule has 0 aromatic heterocycles. The van der Waals surface area contributed by atoms with Gasteiger partial charge in [-0.25, -0.2) is 8.78 Å². The Morgan fingerprint density at radius 3 is 2.54 bits per heavy atom. The Hall–Kier alpha value is -3.29. The maximum atomic E-state index is 14.7. The largest absolute Gasteiger partial charge is 0.493 e. The van der Waals surface area contributed by atoms with Gasteiger partial charge in [-0.3, -0.25) is 9.59 Å². The standard InChI is InChI=1S/C20H18F2N2O4/c1-11(25)23-10-14-9-17(24-28-14)13-7-15(21)20(16(22)8-13)12-3-5-18(26)19(27-2)6-4-12/h3-8,14H,9-10H2,1-2H3,(H,23,25). The van der Waals surface area contributed by atoms with Crippen LogP contribution in [0.15, 0.2) is 46.3 Å². The number of ether oxygens (including phenoxy) is 1. The lowest BCUT2D eigenvalue weighted by molar-refractivity contribution is -0.119. The van der Waals surface area contributed by atoms with Crippen LogP contribution in [0.1, 0.15) is 18.9 Å². The molecule has 1 N–H and O–H groups in total. The van der Waals surface area contributed by atoms with Crippen LogP contribution in [0.25, 0.3) is 11.1 Å². The smallest absolute Gasteiger partial charge is 0.220 e. The molecule has 1 unspecified atom stereocenters. The van der Waals surface area contributed by atoms with E-state index in [0.717, 1.165) is 0 Å². The monoisotopic (exact) mass is 388 g/mol. The molecule has 146 valence electrons. The van der Waals surface area contributed by atoms with E-state index in [1.165, 1.54) is 50.4 Å². The van der Waals surface area contributed by atoms with Gasteiger partial charge in [0.1, 0.15) is 17.7 Å². The van der Waals surface area contributed by atoms with Crippen LogP contribution in [-0.4, -0.2) is 31.4 Å². The van der Waals surface area contributed by atoms with E-state index in [-0.39, 0.29) is 41.0 Å². The third-order valence-corrected chi connectivity index (χ3v) is 4.27. The average Bonchev–Trinajstić information content (AvgIpc) is 3.04.